The summed E-state index contributed by atoms with van der Waals surface area (Å²) in [5.41, 5.74) is 11.2. The summed E-state index contributed by atoms with van der Waals surface area (Å²) < 4.78 is 0. The van der Waals surface area contributed by atoms with E-state index in [0.717, 1.165) is 73.4 Å². The molecule has 8 aromatic rings. The van der Waals surface area contributed by atoms with E-state index in [-0.39, 0.29) is 0 Å². The van der Waals surface area contributed by atoms with Gasteiger partial charge in [-0.2, -0.15) is 0 Å². The fraction of sp³-hybridized carbons (Fsp3) is 0.143. The first-order valence-corrected chi connectivity index (χ1v) is 18.8. The molecule has 0 aliphatic heterocycles. The SMILES string of the molecule is c1ccc(-c2cc(-c3cccc(-c4cc(-c5ccc(C6CC7CCC6C7)cc5)nc(-c5ccccc5)n4)c3)nc(-c3ccc4ccccc4c3)n2)cc1. The van der Waals surface area contributed by atoms with E-state index in [1.807, 2.05) is 24.3 Å². The molecule has 3 atom stereocenters. The predicted octanol–water partition coefficient (Wildman–Crippen LogP) is 12.3. The number of fused-ring (bicyclic) bond motifs is 3. The maximum absolute atomic E-state index is 5.18. The smallest absolute Gasteiger partial charge is 0.160 e. The standard InChI is InChI=1S/C49H38N4/c1-3-11-35(12-4-1)44-30-47(53-49(51-44)42-25-20-33-10-7-8-15-38(33)28-42)41-17-9-16-40(29-41)46-31-45(50-48(52-46)37-13-5-2-6-14-37)36-23-21-34(22-24-36)43-27-32-18-19-39(43)26-32/h1-17,20-25,28-32,39,43H,18-19,26-27H2. The lowest BCUT2D eigenvalue weighted by atomic mass is 9.83. The van der Waals surface area contributed by atoms with Gasteiger partial charge in [0.15, 0.2) is 11.6 Å². The third-order valence-electron chi connectivity index (χ3n) is 11.4. The summed E-state index contributed by atoms with van der Waals surface area (Å²) in [5.74, 6) is 3.90. The van der Waals surface area contributed by atoms with Gasteiger partial charge in [-0.25, -0.2) is 19.9 Å². The van der Waals surface area contributed by atoms with Gasteiger partial charge in [0.05, 0.1) is 22.8 Å². The molecule has 6 aromatic carbocycles. The average Bonchev–Trinajstić information content (AvgIpc) is 3.89. The lowest BCUT2D eigenvalue weighted by molar-refractivity contribution is 0.420. The lowest BCUT2D eigenvalue weighted by Gasteiger charge is -2.22. The van der Waals surface area contributed by atoms with E-state index in [1.54, 1.807) is 0 Å². The van der Waals surface area contributed by atoms with E-state index in [2.05, 4.69) is 140 Å². The van der Waals surface area contributed by atoms with Gasteiger partial charge < -0.3 is 0 Å². The monoisotopic (exact) mass is 682 g/mol. The summed E-state index contributed by atoms with van der Waals surface area (Å²) in [6.07, 6.45) is 5.57. The number of hydrogen-bond acceptors (Lipinski definition) is 4. The molecule has 3 unspecified atom stereocenters. The predicted molar refractivity (Wildman–Crippen MR) is 216 cm³/mol. The molecular weight excluding hydrogens is 645 g/mol. The maximum atomic E-state index is 5.18. The Morgan fingerprint density at radius 3 is 1.51 bits per heavy atom. The average molecular weight is 683 g/mol. The van der Waals surface area contributed by atoms with Crippen LogP contribution in [0.1, 0.15) is 37.2 Å². The van der Waals surface area contributed by atoms with Crippen molar-refractivity contribution in [2.24, 2.45) is 11.8 Å². The molecule has 2 fully saturated rings. The van der Waals surface area contributed by atoms with Crippen molar-refractivity contribution in [3.8, 4) is 67.8 Å². The molecule has 2 saturated carbocycles. The summed E-state index contributed by atoms with van der Waals surface area (Å²) in [6.45, 7) is 0. The molecule has 2 bridgehead atoms. The quantitative estimate of drug-likeness (QED) is 0.168. The van der Waals surface area contributed by atoms with Crippen molar-refractivity contribution in [3.05, 3.63) is 169 Å². The highest BCUT2D eigenvalue weighted by Gasteiger charge is 2.40. The minimum atomic E-state index is 0.696. The number of aromatic nitrogens is 4. The Morgan fingerprint density at radius 1 is 0.358 bits per heavy atom. The van der Waals surface area contributed by atoms with Gasteiger partial charge in [0, 0.05) is 33.4 Å². The molecule has 0 spiro atoms. The Bertz CT molecular complexity index is 2580. The topological polar surface area (TPSA) is 51.6 Å². The first-order valence-electron chi connectivity index (χ1n) is 18.8. The van der Waals surface area contributed by atoms with Crippen molar-refractivity contribution in [1.82, 2.24) is 19.9 Å². The zero-order valence-electron chi connectivity index (χ0n) is 29.4. The van der Waals surface area contributed by atoms with Crippen molar-refractivity contribution in [1.29, 1.82) is 0 Å². The van der Waals surface area contributed by atoms with Crippen molar-refractivity contribution in [2.45, 2.75) is 31.6 Å². The van der Waals surface area contributed by atoms with Crippen LogP contribution in [0.4, 0.5) is 0 Å². The molecule has 0 radical (unpaired) electrons. The van der Waals surface area contributed by atoms with Crippen LogP contribution in [0.25, 0.3) is 78.6 Å². The van der Waals surface area contributed by atoms with Crippen LogP contribution in [-0.2, 0) is 0 Å². The first kappa shape index (κ1) is 31.5. The van der Waals surface area contributed by atoms with Crippen molar-refractivity contribution in [3.63, 3.8) is 0 Å². The third-order valence-corrected chi connectivity index (χ3v) is 11.4. The third kappa shape index (κ3) is 6.21. The van der Waals surface area contributed by atoms with Crippen molar-refractivity contribution >= 4 is 10.8 Å². The fourth-order valence-electron chi connectivity index (χ4n) is 8.66. The van der Waals surface area contributed by atoms with Gasteiger partial charge in [-0.3, -0.25) is 0 Å². The zero-order chi connectivity index (χ0) is 35.1. The van der Waals surface area contributed by atoms with Gasteiger partial charge in [0.25, 0.3) is 0 Å². The zero-order valence-corrected chi connectivity index (χ0v) is 29.4. The van der Waals surface area contributed by atoms with Crippen molar-refractivity contribution < 1.29 is 0 Å². The summed E-state index contributed by atoms with van der Waals surface area (Å²) in [7, 11) is 0. The second-order valence-corrected chi connectivity index (χ2v) is 14.7. The fourth-order valence-corrected chi connectivity index (χ4v) is 8.66. The van der Waals surface area contributed by atoms with E-state index in [4.69, 9.17) is 19.9 Å². The molecule has 0 saturated heterocycles. The van der Waals surface area contributed by atoms with E-state index >= 15 is 0 Å². The number of benzene rings is 6. The first-order chi connectivity index (χ1) is 26.2. The lowest BCUT2D eigenvalue weighted by Crippen LogP contribution is -2.08. The van der Waals surface area contributed by atoms with E-state index in [9.17, 15) is 0 Å². The van der Waals surface area contributed by atoms with Gasteiger partial charge in [0.2, 0.25) is 0 Å². The van der Waals surface area contributed by atoms with Gasteiger partial charge in [0.1, 0.15) is 0 Å². The molecule has 254 valence electrons. The van der Waals surface area contributed by atoms with Gasteiger partial charge >= 0.3 is 0 Å². The summed E-state index contributed by atoms with van der Waals surface area (Å²) >= 11 is 0. The molecule has 4 heteroatoms. The normalized spacial score (nSPS) is 17.7. The molecule has 2 aliphatic carbocycles. The number of nitrogens with zero attached hydrogens (tertiary/aromatic N) is 4. The molecule has 10 rings (SSSR count). The highest BCUT2D eigenvalue weighted by molar-refractivity contribution is 5.87. The Labute approximate surface area is 310 Å². The molecule has 0 N–H and O–H groups in total. The number of hydrogen-bond donors (Lipinski definition) is 0. The Hall–Kier alpha value is -6.26. The molecular formula is C49H38N4. The van der Waals surface area contributed by atoms with Crippen LogP contribution < -0.4 is 0 Å². The molecule has 2 heterocycles. The second-order valence-electron chi connectivity index (χ2n) is 14.7. The van der Waals surface area contributed by atoms with Crippen LogP contribution in [0, 0.1) is 11.8 Å². The minimum Gasteiger partial charge on any atom is -0.228 e. The number of rotatable bonds is 7. The van der Waals surface area contributed by atoms with Crippen molar-refractivity contribution in [2.75, 3.05) is 0 Å². The van der Waals surface area contributed by atoms with Crippen LogP contribution in [0.3, 0.4) is 0 Å². The van der Waals surface area contributed by atoms with Gasteiger partial charge in [-0.1, -0.05) is 146 Å². The van der Waals surface area contributed by atoms with Crippen LogP contribution in [0.2, 0.25) is 0 Å². The van der Waals surface area contributed by atoms with Gasteiger partial charge in [-0.05, 0) is 77.6 Å². The van der Waals surface area contributed by atoms with Crippen LogP contribution in [-0.4, -0.2) is 19.9 Å². The molecule has 2 aliphatic rings. The summed E-state index contributed by atoms with van der Waals surface area (Å²) in [6, 6.07) is 57.5. The van der Waals surface area contributed by atoms with Gasteiger partial charge in [-0.15, -0.1) is 0 Å². The highest BCUT2D eigenvalue weighted by Crippen LogP contribution is 2.53. The summed E-state index contributed by atoms with van der Waals surface area (Å²) in [4.78, 5) is 20.6. The largest absolute Gasteiger partial charge is 0.228 e. The molecule has 4 nitrogen and oxygen atoms in total. The second kappa shape index (κ2) is 13.4. The Kier molecular flexibility index (Phi) is 7.94. The Morgan fingerprint density at radius 2 is 0.887 bits per heavy atom. The minimum absolute atomic E-state index is 0.696. The van der Waals surface area contributed by atoms with Crippen LogP contribution >= 0.6 is 0 Å². The van der Waals surface area contributed by atoms with E-state index in [0.29, 0.717) is 17.6 Å². The van der Waals surface area contributed by atoms with Crippen LogP contribution in [0.15, 0.2) is 164 Å². The highest BCUT2D eigenvalue weighted by atomic mass is 14.9. The Balaban J connectivity index is 1.06. The molecule has 0 amide bonds. The maximum Gasteiger partial charge on any atom is 0.160 e. The van der Waals surface area contributed by atoms with E-state index in [1.165, 1.54) is 36.6 Å². The molecule has 2 aromatic heterocycles. The van der Waals surface area contributed by atoms with Crippen LogP contribution in [0.5, 0.6) is 0 Å². The van der Waals surface area contributed by atoms with E-state index < -0.39 is 0 Å². The summed E-state index contributed by atoms with van der Waals surface area (Å²) in [5, 5.41) is 2.36. The molecule has 53 heavy (non-hydrogen) atoms.